The molecule has 1 aliphatic heterocycles. The Morgan fingerprint density at radius 2 is 1.69 bits per heavy atom. The van der Waals surface area contributed by atoms with Crippen LogP contribution in [0.15, 0.2) is 57.8 Å². The zero-order valence-corrected chi connectivity index (χ0v) is 17.5. The molecule has 1 aromatic heterocycles. The molecule has 0 radical (unpaired) electrons. The summed E-state index contributed by atoms with van der Waals surface area (Å²) in [7, 11) is -3.63. The minimum atomic E-state index is -3.63. The molecule has 29 heavy (non-hydrogen) atoms. The molecule has 2 aromatic carbocycles. The van der Waals surface area contributed by atoms with Crippen molar-refractivity contribution in [2.75, 3.05) is 32.7 Å². The molecule has 0 amide bonds. The SMILES string of the molecule is CCN1CCN(S(=O)(=O)c2ccc(Cl)c(-c3nnc(-c4ccccc4)o3)c2)CC1. The summed E-state index contributed by atoms with van der Waals surface area (Å²) < 4.78 is 33.5. The second-order valence-electron chi connectivity index (χ2n) is 6.76. The molecule has 9 heteroatoms. The van der Waals surface area contributed by atoms with Crippen LogP contribution in [0.3, 0.4) is 0 Å². The first kappa shape index (κ1) is 20.0. The summed E-state index contributed by atoms with van der Waals surface area (Å²) in [5.74, 6) is 0.530. The average Bonchev–Trinajstić information content (AvgIpc) is 3.24. The second-order valence-corrected chi connectivity index (χ2v) is 9.10. The van der Waals surface area contributed by atoms with E-state index < -0.39 is 10.0 Å². The molecular formula is C20H21ClN4O3S. The van der Waals surface area contributed by atoms with Crippen LogP contribution in [0.1, 0.15) is 6.92 Å². The first-order valence-electron chi connectivity index (χ1n) is 9.40. The van der Waals surface area contributed by atoms with Gasteiger partial charge in [-0.2, -0.15) is 4.31 Å². The Balaban J connectivity index is 1.64. The van der Waals surface area contributed by atoms with Gasteiger partial charge in [0.25, 0.3) is 0 Å². The molecule has 2 heterocycles. The van der Waals surface area contributed by atoms with Crippen LogP contribution in [-0.4, -0.2) is 60.5 Å². The molecule has 4 rings (SSSR count). The van der Waals surface area contributed by atoms with Crippen LogP contribution in [0.5, 0.6) is 0 Å². The van der Waals surface area contributed by atoms with E-state index in [4.69, 9.17) is 16.0 Å². The van der Waals surface area contributed by atoms with E-state index in [2.05, 4.69) is 22.0 Å². The molecule has 0 unspecified atom stereocenters. The quantitative estimate of drug-likeness (QED) is 0.614. The van der Waals surface area contributed by atoms with Crippen molar-refractivity contribution in [3.63, 3.8) is 0 Å². The summed E-state index contributed by atoms with van der Waals surface area (Å²) in [6, 6.07) is 13.9. The van der Waals surface area contributed by atoms with Crippen LogP contribution in [0, 0.1) is 0 Å². The molecule has 0 spiro atoms. The van der Waals surface area contributed by atoms with Crippen molar-refractivity contribution < 1.29 is 12.8 Å². The lowest BCUT2D eigenvalue weighted by Gasteiger charge is -2.33. The number of benzene rings is 2. The number of rotatable bonds is 5. The minimum absolute atomic E-state index is 0.168. The Hall–Kier alpha value is -2.26. The van der Waals surface area contributed by atoms with E-state index in [0.29, 0.717) is 29.6 Å². The smallest absolute Gasteiger partial charge is 0.249 e. The Bertz CT molecular complexity index is 1090. The van der Waals surface area contributed by atoms with Crippen molar-refractivity contribution in [1.29, 1.82) is 0 Å². The summed E-state index contributed by atoms with van der Waals surface area (Å²) in [5, 5.41) is 8.48. The van der Waals surface area contributed by atoms with E-state index in [1.54, 1.807) is 6.07 Å². The molecule has 1 saturated heterocycles. The Morgan fingerprint density at radius 1 is 1.00 bits per heavy atom. The molecule has 0 bridgehead atoms. The van der Waals surface area contributed by atoms with Crippen molar-refractivity contribution in [2.45, 2.75) is 11.8 Å². The molecule has 3 aromatic rings. The zero-order valence-electron chi connectivity index (χ0n) is 16.0. The first-order chi connectivity index (χ1) is 14.0. The lowest BCUT2D eigenvalue weighted by Crippen LogP contribution is -2.48. The molecule has 0 aliphatic carbocycles. The third-order valence-corrected chi connectivity index (χ3v) is 7.25. The van der Waals surface area contributed by atoms with E-state index in [1.165, 1.54) is 16.4 Å². The van der Waals surface area contributed by atoms with Crippen LogP contribution in [0.2, 0.25) is 5.02 Å². The van der Waals surface area contributed by atoms with Crippen molar-refractivity contribution >= 4 is 21.6 Å². The summed E-state index contributed by atoms with van der Waals surface area (Å²) in [4.78, 5) is 2.39. The van der Waals surface area contributed by atoms with Gasteiger partial charge in [0.15, 0.2) is 0 Å². The topological polar surface area (TPSA) is 79.5 Å². The third kappa shape index (κ3) is 4.06. The van der Waals surface area contributed by atoms with Gasteiger partial charge in [0.05, 0.1) is 15.5 Å². The highest BCUT2D eigenvalue weighted by molar-refractivity contribution is 7.89. The van der Waals surface area contributed by atoms with Crippen molar-refractivity contribution in [1.82, 2.24) is 19.4 Å². The van der Waals surface area contributed by atoms with E-state index in [1.807, 2.05) is 30.3 Å². The van der Waals surface area contributed by atoms with Crippen molar-refractivity contribution in [3.05, 3.63) is 53.6 Å². The fourth-order valence-electron chi connectivity index (χ4n) is 3.29. The van der Waals surface area contributed by atoms with Gasteiger partial charge >= 0.3 is 0 Å². The molecule has 0 saturated carbocycles. The van der Waals surface area contributed by atoms with Crippen molar-refractivity contribution in [3.8, 4) is 22.9 Å². The molecule has 152 valence electrons. The Kier molecular flexibility index (Phi) is 5.69. The van der Waals surface area contributed by atoms with Crippen LogP contribution in [0.25, 0.3) is 22.9 Å². The summed E-state index contributed by atoms with van der Waals surface area (Å²) >= 11 is 6.32. The second kappa shape index (κ2) is 8.23. The number of likely N-dealkylation sites (N-methyl/N-ethyl adjacent to an activating group) is 1. The average molecular weight is 433 g/mol. The summed E-state index contributed by atoms with van der Waals surface area (Å²) in [6.07, 6.45) is 0. The maximum absolute atomic E-state index is 13.1. The van der Waals surface area contributed by atoms with Crippen molar-refractivity contribution in [2.24, 2.45) is 0 Å². The van der Waals surface area contributed by atoms with Gasteiger partial charge in [0.1, 0.15) is 0 Å². The number of hydrogen-bond acceptors (Lipinski definition) is 6. The van der Waals surface area contributed by atoms with Gasteiger partial charge < -0.3 is 9.32 Å². The lowest BCUT2D eigenvalue weighted by atomic mass is 10.2. The molecule has 1 aliphatic rings. The number of hydrogen-bond donors (Lipinski definition) is 0. The highest BCUT2D eigenvalue weighted by Crippen LogP contribution is 2.32. The number of sulfonamides is 1. The van der Waals surface area contributed by atoms with Gasteiger partial charge in [-0.15, -0.1) is 10.2 Å². The van der Waals surface area contributed by atoms with Crippen LogP contribution >= 0.6 is 11.6 Å². The largest absolute Gasteiger partial charge is 0.416 e. The van der Waals surface area contributed by atoms with Gasteiger partial charge in [0.2, 0.25) is 21.8 Å². The van der Waals surface area contributed by atoms with E-state index in [9.17, 15) is 8.42 Å². The highest BCUT2D eigenvalue weighted by atomic mass is 35.5. The number of nitrogens with zero attached hydrogens (tertiary/aromatic N) is 4. The fourth-order valence-corrected chi connectivity index (χ4v) is 4.94. The van der Waals surface area contributed by atoms with Gasteiger partial charge in [-0.1, -0.05) is 36.7 Å². The van der Waals surface area contributed by atoms with E-state index in [0.717, 1.165) is 25.2 Å². The maximum atomic E-state index is 13.1. The molecule has 0 N–H and O–H groups in total. The number of aromatic nitrogens is 2. The fraction of sp³-hybridized carbons (Fsp3) is 0.300. The van der Waals surface area contributed by atoms with Gasteiger partial charge in [-0.05, 0) is 36.9 Å². The van der Waals surface area contributed by atoms with E-state index in [-0.39, 0.29) is 10.8 Å². The molecule has 1 fully saturated rings. The summed E-state index contributed by atoms with van der Waals surface area (Å²) in [6.45, 7) is 5.36. The molecular weight excluding hydrogens is 412 g/mol. The predicted octanol–water partition coefficient (Wildman–Crippen LogP) is 3.38. The Morgan fingerprint density at radius 3 is 2.38 bits per heavy atom. The van der Waals surface area contributed by atoms with Gasteiger partial charge in [-0.3, -0.25) is 0 Å². The number of halogens is 1. The minimum Gasteiger partial charge on any atom is -0.416 e. The maximum Gasteiger partial charge on any atom is 0.249 e. The third-order valence-electron chi connectivity index (χ3n) is 5.03. The van der Waals surface area contributed by atoms with Crippen LogP contribution < -0.4 is 0 Å². The molecule has 7 nitrogen and oxygen atoms in total. The standard InChI is InChI=1S/C20H21ClN4O3S/c1-2-24-10-12-25(13-11-24)29(26,27)16-8-9-18(21)17(14-16)20-23-22-19(28-20)15-6-4-3-5-7-15/h3-9,14H,2,10-13H2,1H3. The Labute approximate surface area is 175 Å². The van der Waals surface area contributed by atoms with Crippen LogP contribution in [-0.2, 0) is 10.0 Å². The van der Waals surface area contributed by atoms with Gasteiger partial charge in [-0.25, -0.2) is 8.42 Å². The lowest BCUT2D eigenvalue weighted by molar-refractivity contribution is 0.196. The highest BCUT2D eigenvalue weighted by Gasteiger charge is 2.29. The number of piperazine rings is 1. The predicted molar refractivity (Wildman–Crippen MR) is 111 cm³/mol. The summed E-state index contributed by atoms with van der Waals surface area (Å²) in [5.41, 5.74) is 1.18. The normalized spacial score (nSPS) is 16.2. The van der Waals surface area contributed by atoms with Gasteiger partial charge in [0, 0.05) is 31.7 Å². The van der Waals surface area contributed by atoms with Crippen LogP contribution in [0.4, 0.5) is 0 Å². The molecule has 0 atom stereocenters. The monoisotopic (exact) mass is 432 g/mol. The van der Waals surface area contributed by atoms with E-state index >= 15 is 0 Å². The first-order valence-corrected chi connectivity index (χ1v) is 11.2. The zero-order chi connectivity index (χ0) is 20.4.